The van der Waals surface area contributed by atoms with Crippen molar-refractivity contribution < 1.29 is 9.53 Å². The zero-order valence-corrected chi connectivity index (χ0v) is 16.6. The molecular formula is C24H20N2O2S. The number of carbonyl (C=O) groups is 1. The van der Waals surface area contributed by atoms with Gasteiger partial charge in [-0.15, -0.1) is 0 Å². The Labute approximate surface area is 174 Å². The highest BCUT2D eigenvalue weighted by molar-refractivity contribution is 7.98. The van der Waals surface area contributed by atoms with Gasteiger partial charge in [0.15, 0.2) is 0 Å². The van der Waals surface area contributed by atoms with Crippen molar-refractivity contribution in [2.24, 2.45) is 0 Å². The number of rotatable bonds is 6. The molecule has 0 atom stereocenters. The molecule has 29 heavy (non-hydrogen) atoms. The molecule has 1 aliphatic heterocycles. The Bertz CT molecular complexity index is 1030. The second kappa shape index (κ2) is 8.85. The van der Waals surface area contributed by atoms with Crippen LogP contribution in [0.15, 0.2) is 72.8 Å². The second-order valence-electron chi connectivity index (χ2n) is 6.72. The lowest BCUT2D eigenvalue weighted by atomic mass is 9.87. The lowest BCUT2D eigenvalue weighted by Crippen LogP contribution is -2.33. The Kier molecular flexibility index (Phi) is 5.83. The molecule has 0 unspecified atom stereocenters. The number of hydrogen-bond acceptors (Lipinski definition) is 4. The van der Waals surface area contributed by atoms with Crippen LogP contribution < -0.4 is 10.1 Å². The Hall–Kier alpha value is -3.23. The number of carbonyl (C=O) groups excluding carboxylic acids is 1. The van der Waals surface area contributed by atoms with Crippen LogP contribution in [0.2, 0.25) is 0 Å². The lowest BCUT2D eigenvalue weighted by Gasteiger charge is -2.27. The molecule has 0 radical (unpaired) electrons. The van der Waals surface area contributed by atoms with Gasteiger partial charge in [0.1, 0.15) is 11.5 Å². The molecule has 144 valence electrons. The zero-order chi connectivity index (χ0) is 20.1. The summed E-state index contributed by atoms with van der Waals surface area (Å²) >= 11 is 1.71. The van der Waals surface area contributed by atoms with Crippen LogP contribution in [0, 0.1) is 11.3 Å². The third-order valence-corrected chi connectivity index (χ3v) is 5.89. The van der Waals surface area contributed by atoms with Gasteiger partial charge < -0.3 is 10.1 Å². The average molecular weight is 401 g/mol. The molecule has 0 aliphatic carbocycles. The molecule has 0 aromatic heterocycles. The first-order valence-electron chi connectivity index (χ1n) is 9.47. The highest BCUT2D eigenvalue weighted by Gasteiger charge is 2.32. The van der Waals surface area contributed by atoms with Crippen LogP contribution >= 0.6 is 11.8 Å². The summed E-state index contributed by atoms with van der Waals surface area (Å²) in [5.41, 5.74) is 3.51. The van der Waals surface area contributed by atoms with Gasteiger partial charge in [-0.05, 0) is 23.8 Å². The average Bonchev–Trinajstić information content (AvgIpc) is 2.77. The molecule has 1 amide bonds. The molecule has 3 aromatic rings. The minimum atomic E-state index is -0.375. The van der Waals surface area contributed by atoms with Crippen molar-refractivity contribution >= 4 is 17.7 Å². The molecule has 4 rings (SSSR count). The summed E-state index contributed by atoms with van der Waals surface area (Å²) in [6.07, 6.45) is 0. The normalized spacial score (nSPS) is 12.2. The summed E-state index contributed by atoms with van der Waals surface area (Å²) in [7, 11) is 0. The van der Waals surface area contributed by atoms with E-state index in [0.717, 1.165) is 39.7 Å². The molecule has 0 fully saturated rings. The van der Waals surface area contributed by atoms with Crippen molar-refractivity contribution in [3.63, 3.8) is 0 Å². The standard InChI is InChI=1S/C24H20N2O2S/c25-15-17-7-1-2-8-18(17)16-29-14-13-26-24(27)23-19-9-3-5-11-21(19)28-22-12-6-4-10-20(22)23/h1-12,23H,13-14,16H2,(H,26,27). The van der Waals surface area contributed by atoms with Crippen LogP contribution in [0.4, 0.5) is 0 Å². The molecule has 1 heterocycles. The zero-order valence-electron chi connectivity index (χ0n) is 15.8. The predicted molar refractivity (Wildman–Crippen MR) is 115 cm³/mol. The van der Waals surface area contributed by atoms with Crippen molar-refractivity contribution in [2.75, 3.05) is 12.3 Å². The van der Waals surface area contributed by atoms with E-state index in [-0.39, 0.29) is 11.8 Å². The van der Waals surface area contributed by atoms with E-state index in [9.17, 15) is 10.1 Å². The molecule has 3 aromatic carbocycles. The van der Waals surface area contributed by atoms with E-state index in [0.29, 0.717) is 12.1 Å². The number of fused-ring (bicyclic) bond motifs is 2. The Balaban J connectivity index is 1.39. The quantitative estimate of drug-likeness (QED) is 0.601. The van der Waals surface area contributed by atoms with E-state index >= 15 is 0 Å². The maximum Gasteiger partial charge on any atom is 0.232 e. The van der Waals surface area contributed by atoms with Crippen molar-refractivity contribution in [3.8, 4) is 17.6 Å². The Morgan fingerprint density at radius 2 is 1.59 bits per heavy atom. The smallest absolute Gasteiger partial charge is 0.232 e. The number of nitriles is 1. The fourth-order valence-electron chi connectivity index (χ4n) is 3.48. The monoisotopic (exact) mass is 400 g/mol. The summed E-state index contributed by atoms with van der Waals surface area (Å²) in [4.78, 5) is 13.0. The molecule has 0 spiro atoms. The van der Waals surface area contributed by atoms with Crippen LogP contribution in [0.5, 0.6) is 11.5 Å². The Morgan fingerprint density at radius 1 is 0.966 bits per heavy atom. The second-order valence-corrected chi connectivity index (χ2v) is 7.83. The first kappa shape index (κ1) is 19.1. The number of benzene rings is 3. The molecule has 0 bridgehead atoms. The molecular weight excluding hydrogens is 380 g/mol. The number of thioether (sulfide) groups is 1. The fourth-order valence-corrected chi connectivity index (χ4v) is 4.34. The van der Waals surface area contributed by atoms with Gasteiger partial charge in [-0.25, -0.2) is 0 Å². The van der Waals surface area contributed by atoms with Gasteiger partial charge in [0.25, 0.3) is 0 Å². The van der Waals surface area contributed by atoms with Crippen LogP contribution in [-0.2, 0) is 10.5 Å². The third kappa shape index (κ3) is 4.13. The highest BCUT2D eigenvalue weighted by Crippen LogP contribution is 2.43. The number of nitrogens with one attached hydrogen (secondary N) is 1. The molecule has 1 N–H and O–H groups in total. The maximum atomic E-state index is 13.0. The summed E-state index contributed by atoms with van der Waals surface area (Å²) in [6.45, 7) is 0.569. The number of amides is 1. The van der Waals surface area contributed by atoms with Gasteiger partial charge in [0, 0.05) is 29.2 Å². The van der Waals surface area contributed by atoms with Gasteiger partial charge in [-0.2, -0.15) is 17.0 Å². The van der Waals surface area contributed by atoms with Crippen molar-refractivity contribution in [1.29, 1.82) is 5.26 Å². The molecule has 0 saturated carbocycles. The SMILES string of the molecule is N#Cc1ccccc1CSCCNC(=O)C1c2ccccc2Oc2ccccc21. The fraction of sp³-hybridized carbons (Fsp3) is 0.167. The van der Waals surface area contributed by atoms with Gasteiger partial charge in [-0.3, -0.25) is 4.79 Å². The summed E-state index contributed by atoms with van der Waals surface area (Å²) < 4.78 is 5.96. The van der Waals surface area contributed by atoms with Crippen LogP contribution in [0.1, 0.15) is 28.2 Å². The lowest BCUT2D eigenvalue weighted by molar-refractivity contribution is -0.121. The summed E-state index contributed by atoms with van der Waals surface area (Å²) in [5.74, 6) is 2.59. The Morgan fingerprint density at radius 3 is 2.28 bits per heavy atom. The molecule has 4 nitrogen and oxygen atoms in total. The first-order valence-corrected chi connectivity index (χ1v) is 10.6. The van der Waals surface area contributed by atoms with Gasteiger partial charge >= 0.3 is 0 Å². The minimum absolute atomic E-state index is 0.0220. The van der Waals surface area contributed by atoms with E-state index in [1.54, 1.807) is 11.8 Å². The maximum absolute atomic E-state index is 13.0. The van der Waals surface area contributed by atoms with E-state index < -0.39 is 0 Å². The van der Waals surface area contributed by atoms with Crippen LogP contribution in [0.25, 0.3) is 0 Å². The van der Waals surface area contributed by atoms with Crippen LogP contribution in [-0.4, -0.2) is 18.2 Å². The van der Waals surface area contributed by atoms with Gasteiger partial charge in [0.05, 0.1) is 17.6 Å². The summed E-state index contributed by atoms with van der Waals surface area (Å²) in [6, 6.07) is 25.2. The highest BCUT2D eigenvalue weighted by atomic mass is 32.2. The van der Waals surface area contributed by atoms with Crippen molar-refractivity contribution in [3.05, 3.63) is 95.1 Å². The number of hydrogen-bond donors (Lipinski definition) is 1. The van der Waals surface area contributed by atoms with Gasteiger partial charge in [0.2, 0.25) is 5.91 Å². The third-order valence-electron chi connectivity index (χ3n) is 4.88. The molecule has 0 saturated heterocycles. The summed E-state index contributed by atoms with van der Waals surface area (Å²) in [5, 5.41) is 12.2. The topological polar surface area (TPSA) is 62.1 Å². The molecule has 1 aliphatic rings. The van der Waals surface area contributed by atoms with Crippen molar-refractivity contribution in [2.45, 2.75) is 11.7 Å². The first-order chi connectivity index (χ1) is 14.3. The predicted octanol–water partition coefficient (Wildman–Crippen LogP) is 4.85. The molecule has 5 heteroatoms. The minimum Gasteiger partial charge on any atom is -0.457 e. The van der Waals surface area contributed by atoms with E-state index in [1.807, 2.05) is 72.8 Å². The van der Waals surface area contributed by atoms with Gasteiger partial charge in [-0.1, -0.05) is 54.6 Å². The van der Waals surface area contributed by atoms with Crippen LogP contribution in [0.3, 0.4) is 0 Å². The number of para-hydroxylation sites is 2. The van der Waals surface area contributed by atoms with E-state index in [4.69, 9.17) is 4.74 Å². The number of ether oxygens (including phenoxy) is 1. The van der Waals surface area contributed by atoms with Crippen molar-refractivity contribution in [1.82, 2.24) is 5.32 Å². The number of nitrogens with zero attached hydrogens (tertiary/aromatic N) is 1. The van der Waals surface area contributed by atoms with E-state index in [2.05, 4.69) is 11.4 Å². The largest absolute Gasteiger partial charge is 0.457 e. The van der Waals surface area contributed by atoms with E-state index in [1.165, 1.54) is 0 Å².